The Morgan fingerprint density at radius 1 is 1.09 bits per heavy atom. The molecule has 0 bridgehead atoms. The van der Waals surface area contributed by atoms with Gasteiger partial charge < -0.3 is 19.5 Å². The lowest BCUT2D eigenvalue weighted by Gasteiger charge is -2.13. The first kappa shape index (κ1) is 21.6. The zero-order chi connectivity index (χ0) is 22.7. The highest BCUT2D eigenvalue weighted by molar-refractivity contribution is 9.10. The maximum Gasteiger partial charge on any atom is 0.337 e. The fraction of sp³-hybridized carbons (Fsp3) is 0.174. The van der Waals surface area contributed by atoms with Crippen LogP contribution in [0.3, 0.4) is 0 Å². The third-order valence-corrected chi connectivity index (χ3v) is 5.59. The Kier molecular flexibility index (Phi) is 6.27. The van der Waals surface area contributed by atoms with Gasteiger partial charge in [-0.15, -0.1) is 0 Å². The summed E-state index contributed by atoms with van der Waals surface area (Å²) in [6.45, 7) is 0.489. The van der Waals surface area contributed by atoms with Crippen LogP contribution in [0.15, 0.2) is 59.6 Å². The lowest BCUT2D eigenvalue weighted by atomic mass is 10.1. The van der Waals surface area contributed by atoms with Crippen LogP contribution in [0.1, 0.15) is 15.9 Å². The van der Waals surface area contributed by atoms with Gasteiger partial charge in [-0.2, -0.15) is 0 Å². The van der Waals surface area contributed by atoms with E-state index in [-0.39, 0.29) is 5.97 Å². The van der Waals surface area contributed by atoms with Gasteiger partial charge in [-0.25, -0.2) is 14.8 Å². The van der Waals surface area contributed by atoms with Gasteiger partial charge in [-0.1, -0.05) is 12.1 Å². The van der Waals surface area contributed by atoms with Crippen molar-refractivity contribution in [2.75, 3.05) is 26.6 Å². The van der Waals surface area contributed by atoms with Crippen LogP contribution in [0.4, 0.5) is 5.82 Å². The highest BCUT2D eigenvalue weighted by Crippen LogP contribution is 2.32. The Hall–Kier alpha value is -3.59. The number of carbonyl (C=O) groups is 1. The van der Waals surface area contributed by atoms with Crippen LogP contribution in [-0.2, 0) is 11.3 Å². The first-order valence-electron chi connectivity index (χ1n) is 9.71. The molecule has 0 saturated carbocycles. The first-order chi connectivity index (χ1) is 15.5. The van der Waals surface area contributed by atoms with Gasteiger partial charge in [0.1, 0.15) is 22.7 Å². The summed E-state index contributed by atoms with van der Waals surface area (Å²) in [4.78, 5) is 21.0. The number of halogens is 1. The zero-order valence-corrected chi connectivity index (χ0v) is 19.3. The SMILES string of the molecule is COC(=O)c1ccc(-c2nc(Br)n3ccnc(NCc4ccc(OC)cc4OC)c23)cc1. The number of benzene rings is 2. The fourth-order valence-electron chi connectivity index (χ4n) is 3.39. The zero-order valence-electron chi connectivity index (χ0n) is 17.8. The van der Waals surface area contributed by atoms with Gasteiger partial charge in [-0.05, 0) is 40.2 Å². The Bertz CT molecular complexity index is 1270. The van der Waals surface area contributed by atoms with Crippen LogP contribution < -0.4 is 14.8 Å². The number of fused-ring (bicyclic) bond motifs is 1. The van der Waals surface area contributed by atoms with Crippen LogP contribution in [0, 0.1) is 0 Å². The maximum absolute atomic E-state index is 11.8. The molecule has 9 heteroatoms. The summed E-state index contributed by atoms with van der Waals surface area (Å²) < 4.78 is 18.1. The van der Waals surface area contributed by atoms with Crippen LogP contribution in [0.25, 0.3) is 16.8 Å². The van der Waals surface area contributed by atoms with Gasteiger partial charge in [0.25, 0.3) is 0 Å². The molecular formula is C23H21BrN4O4. The molecule has 0 amide bonds. The van der Waals surface area contributed by atoms with Crippen molar-refractivity contribution >= 4 is 33.2 Å². The third kappa shape index (κ3) is 4.11. The monoisotopic (exact) mass is 496 g/mol. The summed E-state index contributed by atoms with van der Waals surface area (Å²) in [6, 6.07) is 12.8. The maximum atomic E-state index is 11.8. The molecule has 0 unspecified atom stereocenters. The van der Waals surface area contributed by atoms with E-state index in [4.69, 9.17) is 14.2 Å². The quantitative estimate of drug-likeness (QED) is 0.374. The van der Waals surface area contributed by atoms with Crippen molar-refractivity contribution in [3.8, 4) is 22.8 Å². The summed E-state index contributed by atoms with van der Waals surface area (Å²) in [5.74, 6) is 1.72. The number of nitrogens with one attached hydrogen (secondary N) is 1. The molecule has 0 fully saturated rings. The molecule has 164 valence electrons. The summed E-state index contributed by atoms with van der Waals surface area (Å²) in [7, 11) is 4.60. The number of imidazole rings is 1. The third-order valence-electron chi connectivity index (χ3n) is 5.03. The van der Waals surface area contributed by atoms with E-state index >= 15 is 0 Å². The average Bonchev–Trinajstić information content (AvgIpc) is 3.19. The molecule has 0 atom stereocenters. The van der Waals surface area contributed by atoms with Gasteiger partial charge >= 0.3 is 5.97 Å². The van der Waals surface area contributed by atoms with Gasteiger partial charge in [0.15, 0.2) is 10.6 Å². The summed E-state index contributed by atoms with van der Waals surface area (Å²) >= 11 is 3.52. The van der Waals surface area contributed by atoms with E-state index in [0.717, 1.165) is 33.8 Å². The second-order valence-corrected chi connectivity index (χ2v) is 7.53. The second kappa shape index (κ2) is 9.27. The van der Waals surface area contributed by atoms with Gasteiger partial charge in [0.05, 0.1) is 26.9 Å². The first-order valence-corrected chi connectivity index (χ1v) is 10.5. The number of rotatable bonds is 7. The molecule has 0 saturated heterocycles. The Labute approximate surface area is 193 Å². The smallest absolute Gasteiger partial charge is 0.337 e. The Morgan fingerprint density at radius 2 is 1.88 bits per heavy atom. The number of esters is 1. The molecule has 0 aliphatic carbocycles. The Morgan fingerprint density at radius 3 is 2.56 bits per heavy atom. The Balaban J connectivity index is 1.70. The number of anilines is 1. The van der Waals surface area contributed by atoms with E-state index < -0.39 is 0 Å². The van der Waals surface area contributed by atoms with Crippen LogP contribution >= 0.6 is 15.9 Å². The van der Waals surface area contributed by atoms with E-state index in [9.17, 15) is 4.79 Å². The molecule has 0 radical (unpaired) electrons. The second-order valence-electron chi connectivity index (χ2n) is 6.82. The lowest BCUT2D eigenvalue weighted by Crippen LogP contribution is -2.05. The van der Waals surface area contributed by atoms with Gasteiger partial charge in [-0.3, -0.25) is 4.40 Å². The lowest BCUT2D eigenvalue weighted by molar-refractivity contribution is 0.0600. The molecule has 4 rings (SSSR count). The minimum absolute atomic E-state index is 0.384. The molecule has 2 aromatic carbocycles. The fourth-order valence-corrected chi connectivity index (χ4v) is 3.87. The molecule has 4 aromatic rings. The number of methoxy groups -OCH3 is 3. The van der Waals surface area contributed by atoms with Crippen molar-refractivity contribution in [1.82, 2.24) is 14.4 Å². The molecule has 32 heavy (non-hydrogen) atoms. The van der Waals surface area contributed by atoms with Gasteiger partial charge in [0.2, 0.25) is 0 Å². The molecule has 1 N–H and O–H groups in total. The molecular weight excluding hydrogens is 476 g/mol. The van der Waals surface area contributed by atoms with Crippen molar-refractivity contribution in [3.63, 3.8) is 0 Å². The minimum Gasteiger partial charge on any atom is -0.497 e. The molecule has 0 aliphatic heterocycles. The van der Waals surface area contributed by atoms with Crippen molar-refractivity contribution in [2.45, 2.75) is 6.54 Å². The predicted octanol–water partition coefficient (Wildman–Crippen LogP) is 4.57. The van der Waals surface area contributed by atoms with Crippen molar-refractivity contribution < 1.29 is 19.0 Å². The van der Waals surface area contributed by atoms with E-state index in [1.807, 2.05) is 40.9 Å². The van der Waals surface area contributed by atoms with E-state index in [1.54, 1.807) is 32.5 Å². The summed E-state index contributed by atoms with van der Waals surface area (Å²) in [5.41, 5.74) is 3.81. The van der Waals surface area contributed by atoms with Crippen LogP contribution in [0.2, 0.25) is 0 Å². The molecule has 8 nitrogen and oxygen atoms in total. The number of ether oxygens (including phenoxy) is 3. The number of aromatic nitrogens is 3. The molecule has 0 spiro atoms. The topological polar surface area (TPSA) is 87.0 Å². The van der Waals surface area contributed by atoms with E-state index in [2.05, 4.69) is 31.2 Å². The number of hydrogen-bond donors (Lipinski definition) is 1. The van der Waals surface area contributed by atoms with Crippen molar-refractivity contribution in [1.29, 1.82) is 0 Å². The number of hydrogen-bond acceptors (Lipinski definition) is 7. The summed E-state index contributed by atoms with van der Waals surface area (Å²) in [5, 5.41) is 3.39. The highest BCUT2D eigenvalue weighted by Gasteiger charge is 2.17. The average molecular weight is 497 g/mol. The highest BCUT2D eigenvalue weighted by atomic mass is 79.9. The minimum atomic E-state index is -0.384. The normalized spacial score (nSPS) is 10.8. The largest absolute Gasteiger partial charge is 0.497 e. The summed E-state index contributed by atoms with van der Waals surface area (Å²) in [6.07, 6.45) is 3.54. The standard InChI is InChI=1S/C23H21BrN4O4/c1-30-17-9-8-16(18(12-17)31-2)13-26-21-20-19(27-23(24)28(20)11-10-25-21)14-4-6-15(7-5-14)22(29)32-3/h4-12H,13H2,1-3H3,(H,25,26). The molecule has 0 aliphatic rings. The number of nitrogens with zero attached hydrogens (tertiary/aromatic N) is 3. The van der Waals surface area contributed by atoms with E-state index in [0.29, 0.717) is 22.7 Å². The molecule has 2 aromatic heterocycles. The van der Waals surface area contributed by atoms with Crippen LogP contribution in [0.5, 0.6) is 11.5 Å². The van der Waals surface area contributed by atoms with Crippen molar-refractivity contribution in [3.05, 3.63) is 70.7 Å². The number of carbonyl (C=O) groups excluding carboxylic acids is 1. The van der Waals surface area contributed by atoms with Crippen LogP contribution in [-0.4, -0.2) is 41.7 Å². The predicted molar refractivity (Wildman–Crippen MR) is 124 cm³/mol. The van der Waals surface area contributed by atoms with Crippen molar-refractivity contribution in [2.24, 2.45) is 0 Å². The van der Waals surface area contributed by atoms with Gasteiger partial charge in [0, 0.05) is 36.1 Å². The van der Waals surface area contributed by atoms with E-state index in [1.165, 1.54) is 7.11 Å². The molecule has 2 heterocycles.